The van der Waals surface area contributed by atoms with Gasteiger partial charge in [-0.05, 0) is 24.8 Å². The monoisotopic (exact) mass is 237 g/mol. The minimum absolute atomic E-state index is 0.0667. The number of nitrogens with zero attached hydrogens (tertiary/aromatic N) is 2. The molecule has 1 unspecified atom stereocenters. The number of aryl methyl sites for hydroxylation is 1. The van der Waals surface area contributed by atoms with Gasteiger partial charge in [0, 0.05) is 26.4 Å². The van der Waals surface area contributed by atoms with E-state index in [0.717, 1.165) is 19.3 Å². The summed E-state index contributed by atoms with van der Waals surface area (Å²) < 4.78 is 7.59. The van der Waals surface area contributed by atoms with Gasteiger partial charge >= 0.3 is 0 Å². The van der Waals surface area contributed by atoms with Gasteiger partial charge in [0.15, 0.2) is 0 Å². The zero-order chi connectivity index (χ0) is 12.3. The Hall–Kier alpha value is -0.870. The maximum atomic E-state index is 6.37. The average Bonchev–Trinajstić information content (AvgIpc) is 2.75. The van der Waals surface area contributed by atoms with Gasteiger partial charge in [-0.1, -0.05) is 19.3 Å². The molecule has 0 aliphatic heterocycles. The molecule has 17 heavy (non-hydrogen) atoms. The molecule has 1 saturated carbocycles. The molecule has 1 aliphatic carbocycles. The number of aromatic nitrogens is 2. The molecule has 4 nitrogen and oxygen atoms in total. The van der Waals surface area contributed by atoms with Crippen LogP contribution in [-0.4, -0.2) is 28.5 Å². The van der Waals surface area contributed by atoms with Crippen LogP contribution in [0.3, 0.4) is 0 Å². The molecule has 0 amide bonds. The lowest BCUT2D eigenvalue weighted by Gasteiger charge is -2.40. The summed E-state index contributed by atoms with van der Waals surface area (Å²) in [4.78, 5) is 0. The Morgan fingerprint density at radius 1 is 1.47 bits per heavy atom. The van der Waals surface area contributed by atoms with E-state index in [1.807, 2.05) is 24.1 Å². The van der Waals surface area contributed by atoms with E-state index in [1.54, 1.807) is 7.11 Å². The molecule has 1 heterocycles. The molecule has 0 bridgehead atoms. The van der Waals surface area contributed by atoms with E-state index in [0.29, 0.717) is 0 Å². The van der Waals surface area contributed by atoms with Crippen molar-refractivity contribution in [3.8, 4) is 0 Å². The summed E-state index contributed by atoms with van der Waals surface area (Å²) in [6, 6.07) is 0.0667. The lowest BCUT2D eigenvalue weighted by molar-refractivity contribution is -0.0582. The van der Waals surface area contributed by atoms with Crippen LogP contribution in [0.5, 0.6) is 0 Å². The first-order valence-corrected chi connectivity index (χ1v) is 6.44. The molecule has 4 heteroatoms. The van der Waals surface area contributed by atoms with Gasteiger partial charge in [-0.2, -0.15) is 5.10 Å². The Balaban J connectivity index is 2.04. The summed E-state index contributed by atoms with van der Waals surface area (Å²) in [5.41, 5.74) is 7.45. The Morgan fingerprint density at radius 3 is 2.71 bits per heavy atom. The van der Waals surface area contributed by atoms with Crippen molar-refractivity contribution in [2.75, 3.05) is 7.11 Å². The van der Waals surface area contributed by atoms with Gasteiger partial charge in [-0.15, -0.1) is 0 Å². The summed E-state index contributed by atoms with van der Waals surface area (Å²) in [5.74, 6) is 0. The maximum Gasteiger partial charge on any atom is 0.0832 e. The van der Waals surface area contributed by atoms with Gasteiger partial charge in [0.05, 0.1) is 11.8 Å². The van der Waals surface area contributed by atoms with E-state index in [9.17, 15) is 0 Å². The Kier molecular flexibility index (Phi) is 3.84. The highest BCUT2D eigenvalue weighted by Gasteiger charge is 2.37. The minimum Gasteiger partial charge on any atom is -0.377 e. The van der Waals surface area contributed by atoms with Gasteiger partial charge in [-0.3, -0.25) is 4.68 Å². The molecular weight excluding hydrogens is 214 g/mol. The summed E-state index contributed by atoms with van der Waals surface area (Å²) >= 11 is 0. The van der Waals surface area contributed by atoms with Crippen LogP contribution < -0.4 is 5.73 Å². The Bertz CT molecular complexity index is 355. The smallest absolute Gasteiger partial charge is 0.0832 e. The highest BCUT2D eigenvalue weighted by molar-refractivity contribution is 5.09. The molecule has 1 aromatic heterocycles. The SMILES string of the molecule is COC1(C(N)Cc2cnn(C)c2)CCCCC1. The second-order valence-electron chi connectivity index (χ2n) is 5.16. The minimum atomic E-state index is -0.117. The first-order valence-electron chi connectivity index (χ1n) is 6.44. The predicted octanol–water partition coefficient (Wildman–Crippen LogP) is 1.64. The molecule has 0 aromatic carbocycles. The molecule has 1 aliphatic rings. The molecular formula is C13H23N3O. The van der Waals surface area contributed by atoms with Crippen molar-refractivity contribution >= 4 is 0 Å². The zero-order valence-corrected chi connectivity index (χ0v) is 10.9. The van der Waals surface area contributed by atoms with Crippen LogP contribution >= 0.6 is 0 Å². The maximum absolute atomic E-state index is 6.37. The molecule has 1 atom stereocenters. The number of ether oxygens (including phenoxy) is 1. The van der Waals surface area contributed by atoms with E-state index >= 15 is 0 Å². The fourth-order valence-electron chi connectivity index (χ4n) is 2.89. The number of methoxy groups -OCH3 is 1. The fraction of sp³-hybridized carbons (Fsp3) is 0.769. The van der Waals surface area contributed by atoms with E-state index in [-0.39, 0.29) is 11.6 Å². The zero-order valence-electron chi connectivity index (χ0n) is 10.9. The third-order valence-corrected chi connectivity index (χ3v) is 4.00. The molecule has 0 spiro atoms. The van der Waals surface area contributed by atoms with Crippen LogP contribution in [0.15, 0.2) is 12.4 Å². The predicted molar refractivity (Wildman–Crippen MR) is 67.7 cm³/mol. The summed E-state index contributed by atoms with van der Waals surface area (Å²) in [7, 11) is 3.73. The van der Waals surface area contributed by atoms with Gasteiger partial charge in [0.2, 0.25) is 0 Å². The summed E-state index contributed by atoms with van der Waals surface area (Å²) in [6.07, 6.45) is 10.7. The van der Waals surface area contributed by atoms with Gasteiger partial charge < -0.3 is 10.5 Å². The van der Waals surface area contributed by atoms with E-state index in [2.05, 4.69) is 5.10 Å². The van der Waals surface area contributed by atoms with Crippen molar-refractivity contribution in [3.05, 3.63) is 18.0 Å². The summed E-state index contributed by atoms with van der Waals surface area (Å²) in [5, 5.41) is 4.18. The highest BCUT2D eigenvalue weighted by atomic mass is 16.5. The van der Waals surface area contributed by atoms with Crippen molar-refractivity contribution in [3.63, 3.8) is 0 Å². The lowest BCUT2D eigenvalue weighted by atomic mass is 9.78. The molecule has 2 N–H and O–H groups in total. The standard InChI is InChI=1S/C13H23N3O/c1-16-10-11(9-15-16)8-12(14)13(17-2)6-4-3-5-7-13/h9-10,12H,3-8,14H2,1-2H3. The summed E-state index contributed by atoms with van der Waals surface area (Å²) in [6.45, 7) is 0. The second kappa shape index (κ2) is 5.19. The van der Waals surface area contributed by atoms with Crippen LogP contribution in [-0.2, 0) is 18.2 Å². The topological polar surface area (TPSA) is 53.1 Å². The molecule has 0 saturated heterocycles. The van der Waals surface area contributed by atoms with Crippen molar-refractivity contribution in [2.45, 2.75) is 50.2 Å². The normalized spacial score (nSPS) is 21.4. The van der Waals surface area contributed by atoms with Crippen molar-refractivity contribution in [1.29, 1.82) is 0 Å². The van der Waals surface area contributed by atoms with Crippen LogP contribution in [0.4, 0.5) is 0 Å². The first-order chi connectivity index (χ1) is 8.16. The van der Waals surface area contributed by atoms with Crippen molar-refractivity contribution in [2.24, 2.45) is 12.8 Å². The van der Waals surface area contributed by atoms with Crippen LogP contribution in [0.25, 0.3) is 0 Å². The van der Waals surface area contributed by atoms with Crippen molar-refractivity contribution in [1.82, 2.24) is 9.78 Å². The van der Waals surface area contributed by atoms with E-state index in [4.69, 9.17) is 10.5 Å². The molecule has 96 valence electrons. The number of rotatable bonds is 4. The first kappa shape index (κ1) is 12.6. The Morgan fingerprint density at radius 2 is 2.18 bits per heavy atom. The number of hydrogen-bond acceptors (Lipinski definition) is 3. The lowest BCUT2D eigenvalue weighted by Crippen LogP contribution is -2.51. The van der Waals surface area contributed by atoms with Gasteiger partial charge in [0.25, 0.3) is 0 Å². The van der Waals surface area contributed by atoms with E-state index < -0.39 is 0 Å². The van der Waals surface area contributed by atoms with Gasteiger partial charge in [0.1, 0.15) is 0 Å². The van der Waals surface area contributed by atoms with Crippen LogP contribution in [0.2, 0.25) is 0 Å². The number of nitrogens with two attached hydrogens (primary N) is 1. The van der Waals surface area contributed by atoms with Crippen LogP contribution in [0, 0.1) is 0 Å². The molecule has 1 fully saturated rings. The molecule has 0 radical (unpaired) electrons. The number of hydrogen-bond donors (Lipinski definition) is 1. The average molecular weight is 237 g/mol. The largest absolute Gasteiger partial charge is 0.377 e. The fourth-order valence-corrected chi connectivity index (χ4v) is 2.89. The highest BCUT2D eigenvalue weighted by Crippen LogP contribution is 2.34. The molecule has 2 rings (SSSR count). The third kappa shape index (κ3) is 2.69. The van der Waals surface area contributed by atoms with Crippen LogP contribution in [0.1, 0.15) is 37.7 Å². The quantitative estimate of drug-likeness (QED) is 0.866. The second-order valence-corrected chi connectivity index (χ2v) is 5.16. The van der Waals surface area contributed by atoms with Crippen molar-refractivity contribution < 1.29 is 4.74 Å². The molecule has 1 aromatic rings. The Labute approximate surface area is 103 Å². The third-order valence-electron chi connectivity index (χ3n) is 4.00. The van der Waals surface area contributed by atoms with Gasteiger partial charge in [-0.25, -0.2) is 0 Å². The van der Waals surface area contributed by atoms with E-state index in [1.165, 1.54) is 24.8 Å².